The first kappa shape index (κ1) is 15.9. The molecule has 2 rings (SSSR count). The normalized spacial score (nSPS) is 10.1. The Morgan fingerprint density at radius 1 is 1.18 bits per heavy atom. The highest BCUT2D eigenvalue weighted by atomic mass is 35.5. The van der Waals surface area contributed by atoms with Crippen molar-refractivity contribution in [3.05, 3.63) is 58.6 Å². The van der Waals surface area contributed by atoms with E-state index in [9.17, 15) is 9.59 Å². The van der Waals surface area contributed by atoms with Crippen molar-refractivity contribution >= 4 is 29.1 Å². The van der Waals surface area contributed by atoms with Crippen molar-refractivity contribution in [2.45, 2.75) is 6.92 Å². The fourth-order valence-corrected chi connectivity index (χ4v) is 1.89. The van der Waals surface area contributed by atoms with E-state index < -0.39 is 5.91 Å². The van der Waals surface area contributed by atoms with Crippen molar-refractivity contribution in [3.8, 4) is 5.75 Å². The molecule has 0 aliphatic heterocycles. The Hall–Kier alpha value is -2.53. The minimum absolute atomic E-state index is 0.126. The van der Waals surface area contributed by atoms with Gasteiger partial charge in [0, 0.05) is 16.3 Å². The van der Waals surface area contributed by atoms with Crippen molar-refractivity contribution < 1.29 is 14.3 Å². The molecule has 5 nitrogen and oxygen atoms in total. The van der Waals surface area contributed by atoms with E-state index in [1.54, 1.807) is 42.5 Å². The largest absolute Gasteiger partial charge is 0.484 e. The first-order valence-electron chi connectivity index (χ1n) is 6.54. The molecule has 22 heavy (non-hydrogen) atoms. The molecule has 0 atom stereocenters. The average Bonchev–Trinajstić information content (AvgIpc) is 2.49. The molecule has 3 N–H and O–H groups in total. The molecule has 0 aliphatic rings. The van der Waals surface area contributed by atoms with Gasteiger partial charge in [0.05, 0.1) is 0 Å². The van der Waals surface area contributed by atoms with Crippen LogP contribution in [0.4, 0.5) is 5.69 Å². The Morgan fingerprint density at radius 3 is 2.45 bits per heavy atom. The van der Waals surface area contributed by atoms with Crippen molar-refractivity contribution in [1.82, 2.24) is 0 Å². The molecule has 114 valence electrons. The first-order chi connectivity index (χ1) is 10.5. The van der Waals surface area contributed by atoms with Gasteiger partial charge in [0.25, 0.3) is 5.91 Å². The summed E-state index contributed by atoms with van der Waals surface area (Å²) in [6.45, 7) is 1.73. The van der Waals surface area contributed by atoms with Gasteiger partial charge in [-0.25, -0.2) is 0 Å². The van der Waals surface area contributed by atoms with Crippen LogP contribution in [0.2, 0.25) is 5.02 Å². The summed E-state index contributed by atoms with van der Waals surface area (Å²) in [6.07, 6.45) is 0. The van der Waals surface area contributed by atoms with Crippen LogP contribution >= 0.6 is 11.6 Å². The second kappa shape index (κ2) is 6.95. The van der Waals surface area contributed by atoms with E-state index in [-0.39, 0.29) is 12.5 Å². The number of amides is 2. The van der Waals surface area contributed by atoms with Gasteiger partial charge in [0.2, 0.25) is 5.91 Å². The number of ether oxygens (including phenoxy) is 1. The Labute approximate surface area is 133 Å². The molecule has 0 unspecified atom stereocenters. The number of rotatable bonds is 5. The number of hydrogen-bond donors (Lipinski definition) is 2. The van der Waals surface area contributed by atoms with E-state index in [4.69, 9.17) is 22.1 Å². The summed E-state index contributed by atoms with van der Waals surface area (Å²) in [7, 11) is 0. The molecule has 2 aromatic carbocycles. The van der Waals surface area contributed by atoms with Gasteiger partial charge < -0.3 is 15.8 Å². The summed E-state index contributed by atoms with van der Waals surface area (Å²) in [5.41, 5.74) is 6.96. The molecule has 0 aliphatic carbocycles. The number of nitrogens with one attached hydrogen (secondary N) is 1. The zero-order chi connectivity index (χ0) is 16.1. The van der Waals surface area contributed by atoms with E-state index in [1.165, 1.54) is 0 Å². The topological polar surface area (TPSA) is 81.4 Å². The van der Waals surface area contributed by atoms with E-state index in [0.29, 0.717) is 22.0 Å². The molecule has 0 fully saturated rings. The maximum absolute atomic E-state index is 11.8. The highest BCUT2D eigenvalue weighted by Gasteiger charge is 2.06. The van der Waals surface area contributed by atoms with Crippen LogP contribution in [0.1, 0.15) is 15.9 Å². The maximum atomic E-state index is 11.8. The van der Waals surface area contributed by atoms with Crippen LogP contribution in [0.5, 0.6) is 5.75 Å². The van der Waals surface area contributed by atoms with Crippen LogP contribution in [-0.4, -0.2) is 18.4 Å². The lowest BCUT2D eigenvalue weighted by molar-refractivity contribution is -0.118. The van der Waals surface area contributed by atoms with Gasteiger partial charge in [-0.05, 0) is 55.0 Å². The molecule has 0 saturated carbocycles. The fraction of sp³-hybridized carbons (Fsp3) is 0.125. The van der Waals surface area contributed by atoms with E-state index >= 15 is 0 Å². The number of carbonyl (C=O) groups is 2. The summed E-state index contributed by atoms with van der Waals surface area (Å²) < 4.78 is 5.39. The number of halogens is 1. The lowest BCUT2D eigenvalue weighted by atomic mass is 10.2. The van der Waals surface area contributed by atoms with Gasteiger partial charge in [-0.1, -0.05) is 11.6 Å². The lowest BCUT2D eigenvalue weighted by Crippen LogP contribution is -2.20. The SMILES string of the molecule is Cc1cc(OCC(=O)Nc2ccc(C(N)=O)cc2)ccc1Cl. The number of hydrogen-bond acceptors (Lipinski definition) is 3. The molecule has 0 aromatic heterocycles. The third-order valence-corrected chi connectivity index (χ3v) is 3.38. The van der Waals surface area contributed by atoms with E-state index in [1.807, 2.05) is 6.92 Å². The number of anilines is 1. The van der Waals surface area contributed by atoms with Crippen LogP contribution in [0.3, 0.4) is 0 Å². The van der Waals surface area contributed by atoms with Crippen molar-refractivity contribution in [2.24, 2.45) is 5.73 Å². The zero-order valence-electron chi connectivity index (χ0n) is 11.9. The fourth-order valence-electron chi connectivity index (χ4n) is 1.77. The standard InChI is InChI=1S/C16H15ClN2O3/c1-10-8-13(6-7-14(10)17)22-9-15(20)19-12-4-2-11(3-5-12)16(18)21/h2-8H,9H2,1H3,(H2,18,21)(H,19,20). The van der Waals surface area contributed by atoms with E-state index in [0.717, 1.165) is 5.56 Å². The number of benzene rings is 2. The molecular formula is C16H15ClN2O3. The Kier molecular flexibility index (Phi) is 5.01. The van der Waals surface area contributed by atoms with Crippen LogP contribution in [-0.2, 0) is 4.79 Å². The highest BCUT2D eigenvalue weighted by Crippen LogP contribution is 2.21. The molecule has 0 heterocycles. The lowest BCUT2D eigenvalue weighted by Gasteiger charge is -2.09. The molecular weight excluding hydrogens is 304 g/mol. The Bertz CT molecular complexity index is 699. The number of aryl methyl sites for hydroxylation is 1. The minimum Gasteiger partial charge on any atom is -0.484 e. The van der Waals surface area contributed by atoms with Crippen molar-refractivity contribution in [2.75, 3.05) is 11.9 Å². The molecule has 2 aromatic rings. The third kappa shape index (κ3) is 4.23. The van der Waals surface area contributed by atoms with Gasteiger partial charge in [-0.2, -0.15) is 0 Å². The van der Waals surface area contributed by atoms with Gasteiger partial charge in [0.15, 0.2) is 6.61 Å². The smallest absolute Gasteiger partial charge is 0.262 e. The predicted octanol–water partition coefficient (Wildman–Crippen LogP) is 2.76. The maximum Gasteiger partial charge on any atom is 0.262 e. The van der Waals surface area contributed by atoms with Crippen LogP contribution in [0.15, 0.2) is 42.5 Å². The molecule has 0 spiro atoms. The summed E-state index contributed by atoms with van der Waals surface area (Å²) in [5.74, 6) is -0.250. The zero-order valence-corrected chi connectivity index (χ0v) is 12.7. The first-order valence-corrected chi connectivity index (χ1v) is 6.92. The van der Waals surface area contributed by atoms with Crippen LogP contribution in [0.25, 0.3) is 0 Å². The number of nitrogens with two attached hydrogens (primary N) is 1. The second-order valence-corrected chi connectivity index (χ2v) is 5.10. The third-order valence-electron chi connectivity index (χ3n) is 2.95. The van der Waals surface area contributed by atoms with Crippen LogP contribution in [0, 0.1) is 6.92 Å². The molecule has 2 amide bonds. The van der Waals surface area contributed by atoms with E-state index in [2.05, 4.69) is 5.32 Å². The highest BCUT2D eigenvalue weighted by molar-refractivity contribution is 6.31. The average molecular weight is 319 g/mol. The predicted molar refractivity (Wildman–Crippen MR) is 85.3 cm³/mol. The number of carbonyl (C=O) groups excluding carboxylic acids is 2. The monoisotopic (exact) mass is 318 g/mol. The van der Waals surface area contributed by atoms with Gasteiger partial charge in [-0.15, -0.1) is 0 Å². The molecule has 0 radical (unpaired) electrons. The van der Waals surface area contributed by atoms with Crippen molar-refractivity contribution in [1.29, 1.82) is 0 Å². The van der Waals surface area contributed by atoms with Crippen LogP contribution < -0.4 is 15.8 Å². The summed E-state index contributed by atoms with van der Waals surface area (Å²) in [4.78, 5) is 22.8. The summed E-state index contributed by atoms with van der Waals surface area (Å²) >= 11 is 5.92. The van der Waals surface area contributed by atoms with Crippen molar-refractivity contribution in [3.63, 3.8) is 0 Å². The van der Waals surface area contributed by atoms with Gasteiger partial charge in [-0.3, -0.25) is 9.59 Å². The Morgan fingerprint density at radius 2 is 1.86 bits per heavy atom. The molecule has 6 heteroatoms. The summed E-state index contributed by atoms with van der Waals surface area (Å²) in [5, 5.41) is 3.31. The van der Waals surface area contributed by atoms with Gasteiger partial charge in [0.1, 0.15) is 5.75 Å². The minimum atomic E-state index is -0.515. The molecule has 0 bridgehead atoms. The number of primary amides is 1. The Balaban J connectivity index is 1.89. The quantitative estimate of drug-likeness (QED) is 0.889. The van der Waals surface area contributed by atoms with Gasteiger partial charge >= 0.3 is 0 Å². The summed E-state index contributed by atoms with van der Waals surface area (Å²) in [6, 6.07) is 11.5. The molecule has 0 saturated heterocycles. The second-order valence-electron chi connectivity index (χ2n) is 4.69.